The molecule has 0 aromatic heterocycles. The van der Waals surface area contributed by atoms with Crippen molar-refractivity contribution in [2.75, 3.05) is 6.61 Å². The van der Waals surface area contributed by atoms with Crippen LogP contribution in [0.3, 0.4) is 0 Å². The molecular weight excluding hydrogens is 144 g/mol. The van der Waals surface area contributed by atoms with Crippen molar-refractivity contribution in [3.05, 3.63) is 25.3 Å². The maximum Gasteiger partial charge on any atom is 0.284 e. The van der Waals surface area contributed by atoms with Gasteiger partial charge in [0.1, 0.15) is 6.10 Å². The molecule has 0 saturated carbocycles. The zero-order chi connectivity index (χ0) is 8.32. The van der Waals surface area contributed by atoms with Crippen LogP contribution < -0.4 is 0 Å². The summed E-state index contributed by atoms with van der Waals surface area (Å²) in [5.41, 5.74) is 0. The molecule has 2 unspecified atom stereocenters. The molecule has 62 valence electrons. The lowest BCUT2D eigenvalue weighted by Crippen LogP contribution is -2.29. The number of aliphatic hydroxyl groups is 1. The van der Waals surface area contributed by atoms with E-state index in [9.17, 15) is 5.11 Å². The van der Waals surface area contributed by atoms with Gasteiger partial charge >= 0.3 is 0 Å². The molecule has 0 radical (unpaired) electrons. The Kier molecular flexibility index (Phi) is 2.44. The zero-order valence-corrected chi connectivity index (χ0v) is 6.32. The summed E-state index contributed by atoms with van der Waals surface area (Å²) in [6.45, 7) is 7.36. The number of ether oxygens (including phenoxy) is 2. The fraction of sp³-hybridized carbons (Fsp3) is 0.500. The smallest absolute Gasteiger partial charge is 0.284 e. The van der Waals surface area contributed by atoms with Crippen molar-refractivity contribution in [2.45, 2.75) is 18.5 Å². The first kappa shape index (κ1) is 8.46. The summed E-state index contributed by atoms with van der Waals surface area (Å²) >= 11 is 0. The van der Waals surface area contributed by atoms with Crippen LogP contribution in [0.4, 0.5) is 0 Å². The average Bonchev–Trinajstić information content (AvgIpc) is 2.33. The Morgan fingerprint density at radius 3 is 2.82 bits per heavy atom. The van der Waals surface area contributed by atoms with Gasteiger partial charge in [-0.05, 0) is 0 Å². The van der Waals surface area contributed by atoms with E-state index in [1.165, 1.54) is 0 Å². The van der Waals surface area contributed by atoms with Gasteiger partial charge in [-0.15, -0.1) is 13.2 Å². The van der Waals surface area contributed by atoms with Crippen LogP contribution in [0.25, 0.3) is 0 Å². The summed E-state index contributed by atoms with van der Waals surface area (Å²) in [7, 11) is 0. The van der Waals surface area contributed by atoms with Crippen molar-refractivity contribution in [2.24, 2.45) is 0 Å². The molecule has 3 nitrogen and oxygen atoms in total. The van der Waals surface area contributed by atoms with Gasteiger partial charge in [-0.25, -0.2) is 0 Å². The highest BCUT2D eigenvalue weighted by Crippen LogP contribution is 2.24. The summed E-state index contributed by atoms with van der Waals surface area (Å²) in [6, 6.07) is 0. The molecule has 0 aromatic carbocycles. The Morgan fingerprint density at radius 1 is 1.64 bits per heavy atom. The predicted octanol–water partition coefficient (Wildman–Crippen LogP) is 0.810. The van der Waals surface area contributed by atoms with Gasteiger partial charge in [0, 0.05) is 6.42 Å². The van der Waals surface area contributed by atoms with E-state index in [-0.39, 0.29) is 12.5 Å². The molecule has 0 aromatic rings. The Balaban J connectivity index is 2.49. The molecule has 1 aliphatic heterocycles. The number of hydrogen-bond donors (Lipinski definition) is 1. The number of hydrogen-bond acceptors (Lipinski definition) is 3. The molecular formula is C8H12O3. The molecule has 1 rings (SSSR count). The molecule has 1 heterocycles. The minimum absolute atomic E-state index is 0.208. The third-order valence-electron chi connectivity index (χ3n) is 1.47. The number of rotatable bonds is 3. The van der Waals surface area contributed by atoms with Gasteiger partial charge in [-0.1, -0.05) is 12.2 Å². The van der Waals surface area contributed by atoms with Crippen LogP contribution in [-0.4, -0.2) is 23.8 Å². The lowest BCUT2D eigenvalue weighted by molar-refractivity contribution is -0.306. The second-order valence-electron chi connectivity index (χ2n) is 2.41. The Hall–Kier alpha value is -0.640. The monoisotopic (exact) mass is 156 g/mol. The second kappa shape index (κ2) is 3.17. The van der Waals surface area contributed by atoms with E-state index in [1.54, 1.807) is 12.2 Å². The molecule has 0 spiro atoms. The fourth-order valence-corrected chi connectivity index (χ4v) is 0.923. The summed E-state index contributed by atoms with van der Waals surface area (Å²) in [4.78, 5) is 0. The van der Waals surface area contributed by atoms with Gasteiger partial charge in [0.15, 0.2) is 0 Å². The van der Waals surface area contributed by atoms with E-state index < -0.39 is 5.97 Å². The summed E-state index contributed by atoms with van der Waals surface area (Å²) in [5, 5.41) is 9.43. The van der Waals surface area contributed by atoms with Crippen molar-refractivity contribution < 1.29 is 14.6 Å². The van der Waals surface area contributed by atoms with Crippen LogP contribution in [0.1, 0.15) is 6.42 Å². The quantitative estimate of drug-likeness (QED) is 0.614. The summed E-state index contributed by atoms with van der Waals surface area (Å²) in [6.07, 6.45) is 3.21. The average molecular weight is 156 g/mol. The van der Waals surface area contributed by atoms with Gasteiger partial charge in [0.2, 0.25) is 0 Å². The van der Waals surface area contributed by atoms with E-state index >= 15 is 0 Å². The van der Waals surface area contributed by atoms with Gasteiger partial charge in [-0.3, -0.25) is 0 Å². The minimum Gasteiger partial charge on any atom is -0.343 e. The van der Waals surface area contributed by atoms with E-state index in [1.807, 2.05) is 0 Å². The summed E-state index contributed by atoms with van der Waals surface area (Å²) < 4.78 is 10.1. The summed E-state index contributed by atoms with van der Waals surface area (Å²) in [5.74, 6) is -1.47. The fourth-order valence-electron chi connectivity index (χ4n) is 0.923. The van der Waals surface area contributed by atoms with E-state index in [2.05, 4.69) is 13.2 Å². The minimum atomic E-state index is -1.47. The van der Waals surface area contributed by atoms with Crippen LogP contribution >= 0.6 is 0 Å². The van der Waals surface area contributed by atoms with E-state index in [0.717, 1.165) is 0 Å². The Labute approximate surface area is 65.9 Å². The molecule has 0 aliphatic carbocycles. The predicted molar refractivity (Wildman–Crippen MR) is 40.8 cm³/mol. The highest BCUT2D eigenvalue weighted by atomic mass is 16.9. The van der Waals surface area contributed by atoms with Crippen LogP contribution in [0.2, 0.25) is 0 Å². The molecule has 1 aliphatic rings. The molecule has 1 N–H and O–H groups in total. The van der Waals surface area contributed by atoms with Crippen LogP contribution in [-0.2, 0) is 9.47 Å². The van der Waals surface area contributed by atoms with Crippen LogP contribution in [0.15, 0.2) is 25.3 Å². The third-order valence-corrected chi connectivity index (χ3v) is 1.47. The normalized spacial score (nSPS) is 37.0. The van der Waals surface area contributed by atoms with Crippen LogP contribution in [0.5, 0.6) is 0 Å². The highest BCUT2D eigenvalue weighted by molar-refractivity contribution is 4.87. The zero-order valence-electron chi connectivity index (χ0n) is 6.32. The Bertz CT molecular complexity index is 167. The van der Waals surface area contributed by atoms with E-state index in [4.69, 9.17) is 9.47 Å². The van der Waals surface area contributed by atoms with Gasteiger partial charge in [0.25, 0.3) is 5.97 Å². The van der Waals surface area contributed by atoms with Crippen molar-refractivity contribution >= 4 is 0 Å². The van der Waals surface area contributed by atoms with Crippen molar-refractivity contribution in [1.29, 1.82) is 0 Å². The lowest BCUT2D eigenvalue weighted by Gasteiger charge is -2.18. The molecule has 0 bridgehead atoms. The van der Waals surface area contributed by atoms with E-state index in [0.29, 0.717) is 6.61 Å². The molecule has 2 atom stereocenters. The highest BCUT2D eigenvalue weighted by Gasteiger charge is 2.37. The molecule has 3 heteroatoms. The SMILES string of the molecule is C=CCC1(O)OCC(C=C)O1. The molecule has 1 saturated heterocycles. The standard InChI is InChI=1S/C8H12O3/c1-3-5-8(9)10-6-7(4-2)11-8/h3-4,7,9H,1-2,5-6H2. The van der Waals surface area contributed by atoms with Crippen molar-refractivity contribution in [1.82, 2.24) is 0 Å². The van der Waals surface area contributed by atoms with Crippen molar-refractivity contribution in [3.63, 3.8) is 0 Å². The largest absolute Gasteiger partial charge is 0.343 e. The van der Waals surface area contributed by atoms with Crippen molar-refractivity contribution in [3.8, 4) is 0 Å². The van der Waals surface area contributed by atoms with Gasteiger partial charge < -0.3 is 14.6 Å². The third kappa shape index (κ3) is 1.89. The van der Waals surface area contributed by atoms with Gasteiger partial charge in [0.05, 0.1) is 6.61 Å². The Morgan fingerprint density at radius 2 is 2.36 bits per heavy atom. The van der Waals surface area contributed by atoms with Gasteiger partial charge in [-0.2, -0.15) is 0 Å². The second-order valence-corrected chi connectivity index (χ2v) is 2.41. The first-order valence-corrected chi connectivity index (χ1v) is 3.48. The molecule has 0 amide bonds. The maximum absolute atomic E-state index is 9.43. The first-order chi connectivity index (χ1) is 5.20. The maximum atomic E-state index is 9.43. The topological polar surface area (TPSA) is 38.7 Å². The lowest BCUT2D eigenvalue weighted by atomic mass is 10.3. The molecule has 11 heavy (non-hydrogen) atoms. The first-order valence-electron chi connectivity index (χ1n) is 3.48. The molecule has 1 fully saturated rings. The van der Waals surface area contributed by atoms with Crippen LogP contribution in [0, 0.1) is 0 Å².